The number of rotatable bonds is 6. The number of aliphatic hydroxyl groups excluding tert-OH is 2. The third-order valence-electron chi connectivity index (χ3n) is 4.48. The van der Waals surface area contributed by atoms with Gasteiger partial charge in [-0.3, -0.25) is 14.8 Å². The van der Waals surface area contributed by atoms with Gasteiger partial charge in [0.15, 0.2) is 0 Å². The lowest BCUT2D eigenvalue weighted by atomic mass is 9.75. The van der Waals surface area contributed by atoms with Gasteiger partial charge >= 0.3 is 0 Å². The van der Waals surface area contributed by atoms with Crippen molar-refractivity contribution in [1.29, 1.82) is 0 Å². The lowest BCUT2D eigenvalue weighted by Gasteiger charge is -2.38. The van der Waals surface area contributed by atoms with E-state index in [0.717, 1.165) is 5.56 Å². The molecule has 0 unspecified atom stereocenters. The maximum absolute atomic E-state index is 12.6. The standard InChI is InChI=1S/C18H21N3O4/c1-25-15-7-13(8-19-9-15)17(12-5-14(23)6-12)21-18(24)16-4-11(10-22)2-3-20-16/h2-4,7-9,12,14,17,22-23H,5-6,10H2,1H3,(H,21,24)/t12?,14?,17-/m0/s1. The molecule has 7 heteroatoms. The van der Waals surface area contributed by atoms with E-state index in [1.165, 1.54) is 6.20 Å². The Hall–Kier alpha value is -2.51. The monoisotopic (exact) mass is 343 g/mol. The Morgan fingerprint density at radius 2 is 2.20 bits per heavy atom. The Balaban J connectivity index is 1.83. The molecule has 2 heterocycles. The van der Waals surface area contributed by atoms with E-state index in [2.05, 4.69) is 15.3 Å². The molecular weight excluding hydrogens is 322 g/mol. The number of pyridine rings is 2. The summed E-state index contributed by atoms with van der Waals surface area (Å²) in [7, 11) is 1.56. The summed E-state index contributed by atoms with van der Waals surface area (Å²) in [5.41, 5.74) is 1.69. The van der Waals surface area contributed by atoms with Gasteiger partial charge in [0.05, 0.1) is 32.1 Å². The van der Waals surface area contributed by atoms with Gasteiger partial charge in [-0.15, -0.1) is 0 Å². The normalized spacial score (nSPS) is 20.4. The van der Waals surface area contributed by atoms with Crippen molar-refractivity contribution in [1.82, 2.24) is 15.3 Å². The molecule has 0 radical (unpaired) electrons. The molecule has 0 spiro atoms. The second-order valence-electron chi connectivity index (χ2n) is 6.20. The number of methoxy groups -OCH3 is 1. The number of carbonyl (C=O) groups is 1. The molecule has 0 bridgehead atoms. The predicted octanol–water partition coefficient (Wildman–Crippen LogP) is 1.22. The molecule has 1 amide bonds. The lowest BCUT2D eigenvalue weighted by molar-refractivity contribution is 0.0234. The average molecular weight is 343 g/mol. The Morgan fingerprint density at radius 3 is 2.88 bits per heavy atom. The fraction of sp³-hybridized carbons (Fsp3) is 0.389. The SMILES string of the molecule is COc1cncc([C@@H](NC(=O)c2cc(CO)ccn2)C2CC(O)C2)c1. The third kappa shape index (κ3) is 3.94. The van der Waals surface area contributed by atoms with Gasteiger partial charge in [-0.1, -0.05) is 0 Å². The predicted molar refractivity (Wildman–Crippen MR) is 89.9 cm³/mol. The zero-order valence-corrected chi connectivity index (χ0v) is 13.9. The first-order valence-electron chi connectivity index (χ1n) is 8.14. The summed E-state index contributed by atoms with van der Waals surface area (Å²) >= 11 is 0. The van der Waals surface area contributed by atoms with Crippen LogP contribution in [0.2, 0.25) is 0 Å². The van der Waals surface area contributed by atoms with E-state index in [9.17, 15) is 15.0 Å². The second-order valence-corrected chi connectivity index (χ2v) is 6.20. The van der Waals surface area contributed by atoms with Crippen LogP contribution in [0.4, 0.5) is 0 Å². The van der Waals surface area contributed by atoms with E-state index in [1.807, 2.05) is 6.07 Å². The van der Waals surface area contributed by atoms with Gasteiger partial charge in [-0.05, 0) is 48.1 Å². The zero-order valence-electron chi connectivity index (χ0n) is 13.9. The molecule has 1 atom stereocenters. The topological polar surface area (TPSA) is 105 Å². The molecule has 1 saturated carbocycles. The van der Waals surface area contributed by atoms with Crippen molar-refractivity contribution in [2.45, 2.75) is 31.6 Å². The molecule has 1 aliphatic rings. The molecule has 1 fully saturated rings. The number of amides is 1. The van der Waals surface area contributed by atoms with Crippen molar-refractivity contribution in [3.8, 4) is 5.75 Å². The molecule has 25 heavy (non-hydrogen) atoms. The van der Waals surface area contributed by atoms with Gasteiger partial charge < -0.3 is 20.3 Å². The largest absolute Gasteiger partial charge is 0.495 e. The average Bonchev–Trinajstić information content (AvgIpc) is 2.63. The smallest absolute Gasteiger partial charge is 0.270 e. The van der Waals surface area contributed by atoms with Crippen LogP contribution in [-0.4, -0.2) is 39.3 Å². The van der Waals surface area contributed by atoms with Crippen LogP contribution >= 0.6 is 0 Å². The quantitative estimate of drug-likeness (QED) is 0.728. The summed E-state index contributed by atoms with van der Waals surface area (Å²) in [5, 5.41) is 21.8. The summed E-state index contributed by atoms with van der Waals surface area (Å²) < 4.78 is 5.21. The molecule has 3 N–H and O–H groups in total. The van der Waals surface area contributed by atoms with E-state index in [-0.39, 0.29) is 36.3 Å². The lowest BCUT2D eigenvalue weighted by Crippen LogP contribution is -2.41. The number of aliphatic hydroxyl groups is 2. The summed E-state index contributed by atoms with van der Waals surface area (Å²) in [5.74, 6) is 0.399. The Bertz CT molecular complexity index is 747. The minimum absolute atomic E-state index is 0.119. The van der Waals surface area contributed by atoms with Gasteiger partial charge in [0.25, 0.3) is 5.91 Å². The fourth-order valence-corrected chi connectivity index (χ4v) is 3.00. The highest BCUT2D eigenvalue weighted by Gasteiger charge is 2.36. The molecule has 7 nitrogen and oxygen atoms in total. The van der Waals surface area contributed by atoms with Gasteiger partial charge in [-0.25, -0.2) is 0 Å². The number of nitrogens with one attached hydrogen (secondary N) is 1. The minimum atomic E-state index is -0.334. The molecule has 0 aliphatic heterocycles. The second kappa shape index (κ2) is 7.58. The van der Waals surface area contributed by atoms with Gasteiger partial charge in [-0.2, -0.15) is 0 Å². The maximum Gasteiger partial charge on any atom is 0.270 e. The van der Waals surface area contributed by atoms with E-state index in [4.69, 9.17) is 4.74 Å². The highest BCUT2D eigenvalue weighted by atomic mass is 16.5. The van der Waals surface area contributed by atoms with Crippen LogP contribution in [0.15, 0.2) is 36.8 Å². The molecule has 1 aliphatic carbocycles. The minimum Gasteiger partial charge on any atom is -0.495 e. The van der Waals surface area contributed by atoms with Crippen molar-refractivity contribution < 1.29 is 19.7 Å². The first kappa shape index (κ1) is 17.3. The molecule has 0 aromatic carbocycles. The van der Waals surface area contributed by atoms with Crippen molar-refractivity contribution in [3.05, 3.63) is 53.6 Å². The van der Waals surface area contributed by atoms with Gasteiger partial charge in [0, 0.05) is 12.4 Å². The number of carbonyl (C=O) groups excluding carboxylic acids is 1. The van der Waals surface area contributed by atoms with E-state index in [1.54, 1.807) is 31.6 Å². The Kier molecular flexibility index (Phi) is 5.25. The molecule has 3 rings (SSSR count). The Morgan fingerprint density at radius 1 is 1.40 bits per heavy atom. The van der Waals surface area contributed by atoms with Crippen LogP contribution in [0.3, 0.4) is 0 Å². The number of nitrogens with zero attached hydrogens (tertiary/aromatic N) is 2. The van der Waals surface area contributed by atoms with Gasteiger partial charge in [0.2, 0.25) is 0 Å². The maximum atomic E-state index is 12.6. The number of aromatic nitrogens is 2. The zero-order chi connectivity index (χ0) is 17.8. The molecular formula is C18H21N3O4. The fourth-order valence-electron chi connectivity index (χ4n) is 3.00. The van der Waals surface area contributed by atoms with E-state index < -0.39 is 0 Å². The third-order valence-corrected chi connectivity index (χ3v) is 4.48. The van der Waals surface area contributed by atoms with Gasteiger partial charge in [0.1, 0.15) is 11.4 Å². The van der Waals surface area contributed by atoms with E-state index in [0.29, 0.717) is 24.2 Å². The summed E-state index contributed by atoms with van der Waals surface area (Å²) in [6.07, 6.45) is 5.69. The van der Waals surface area contributed by atoms with E-state index >= 15 is 0 Å². The van der Waals surface area contributed by atoms with Crippen molar-refractivity contribution in [3.63, 3.8) is 0 Å². The highest BCUT2D eigenvalue weighted by Crippen LogP contribution is 2.38. The van der Waals surface area contributed by atoms with Crippen LogP contribution in [0.1, 0.15) is 40.5 Å². The van der Waals surface area contributed by atoms with Crippen molar-refractivity contribution in [2.75, 3.05) is 7.11 Å². The molecule has 132 valence electrons. The summed E-state index contributed by atoms with van der Waals surface area (Å²) in [6, 6.07) is 4.76. The van der Waals surface area contributed by atoms with Crippen molar-refractivity contribution in [2.24, 2.45) is 5.92 Å². The molecule has 0 saturated heterocycles. The van der Waals surface area contributed by atoms with Crippen LogP contribution in [0.5, 0.6) is 5.75 Å². The van der Waals surface area contributed by atoms with Crippen molar-refractivity contribution >= 4 is 5.91 Å². The summed E-state index contributed by atoms with van der Waals surface area (Å²) in [4.78, 5) is 20.8. The first-order chi connectivity index (χ1) is 12.1. The number of hydrogen-bond donors (Lipinski definition) is 3. The first-order valence-corrected chi connectivity index (χ1v) is 8.14. The Labute approximate surface area is 145 Å². The van der Waals surface area contributed by atoms with Crippen LogP contribution in [-0.2, 0) is 6.61 Å². The van der Waals surface area contributed by atoms with Crippen LogP contribution < -0.4 is 10.1 Å². The summed E-state index contributed by atoms with van der Waals surface area (Å²) in [6.45, 7) is -0.152. The number of hydrogen-bond acceptors (Lipinski definition) is 6. The number of ether oxygens (including phenoxy) is 1. The van der Waals surface area contributed by atoms with Crippen LogP contribution in [0, 0.1) is 5.92 Å². The molecule has 2 aromatic heterocycles. The highest BCUT2D eigenvalue weighted by molar-refractivity contribution is 5.92. The van der Waals surface area contributed by atoms with Crippen LogP contribution in [0.25, 0.3) is 0 Å². The molecule has 2 aromatic rings.